The minimum absolute atomic E-state index is 0. The van der Waals surface area contributed by atoms with Crippen LogP contribution in [0.3, 0.4) is 0 Å². The Balaban J connectivity index is 0.00000450. The van der Waals surface area contributed by atoms with Crippen LogP contribution in [0.25, 0.3) is 0 Å². The third kappa shape index (κ3) is 9.25. The number of alkyl halides is 3. The number of nitrogens with one attached hydrogen (secondary N) is 2. The van der Waals surface area contributed by atoms with E-state index < -0.39 is 12.7 Å². The van der Waals surface area contributed by atoms with E-state index >= 15 is 0 Å². The van der Waals surface area contributed by atoms with Crippen LogP contribution in [0.5, 0.6) is 5.75 Å². The van der Waals surface area contributed by atoms with Gasteiger partial charge in [0.2, 0.25) is 0 Å². The van der Waals surface area contributed by atoms with Crippen LogP contribution in [-0.2, 0) is 0 Å². The Morgan fingerprint density at radius 1 is 1.20 bits per heavy atom. The lowest BCUT2D eigenvalue weighted by Gasteiger charge is -2.29. The molecule has 0 aliphatic carbocycles. The summed E-state index contributed by atoms with van der Waals surface area (Å²) in [5.41, 5.74) is 1.19. The van der Waals surface area contributed by atoms with Crippen molar-refractivity contribution in [3.05, 3.63) is 29.8 Å². The SMILES string of the molecule is CN=C(NCCN(C)CC(F)(F)F)NCC(c1ccc(OC)cc1)N1CCCC1.I. The molecule has 6 nitrogen and oxygen atoms in total. The second kappa shape index (κ2) is 13.2. The van der Waals surface area contributed by atoms with E-state index in [2.05, 4.69) is 32.7 Å². The van der Waals surface area contributed by atoms with Crippen molar-refractivity contribution in [2.75, 3.05) is 60.5 Å². The first-order valence-electron chi connectivity index (χ1n) is 9.90. The molecule has 0 spiro atoms. The zero-order valence-corrected chi connectivity index (χ0v) is 20.2. The number of guanidine groups is 1. The first-order valence-corrected chi connectivity index (χ1v) is 9.90. The molecule has 1 aromatic carbocycles. The summed E-state index contributed by atoms with van der Waals surface area (Å²) in [6.45, 7) is 2.48. The summed E-state index contributed by atoms with van der Waals surface area (Å²) in [4.78, 5) is 7.88. The molecular formula is C20H33F3IN5O. The summed E-state index contributed by atoms with van der Waals surface area (Å²) in [6.07, 6.45) is -1.81. The van der Waals surface area contributed by atoms with E-state index in [4.69, 9.17) is 4.74 Å². The van der Waals surface area contributed by atoms with Gasteiger partial charge in [-0.3, -0.25) is 14.8 Å². The van der Waals surface area contributed by atoms with Gasteiger partial charge >= 0.3 is 6.18 Å². The minimum Gasteiger partial charge on any atom is -0.497 e. The number of benzene rings is 1. The molecule has 0 amide bonds. The second-order valence-corrected chi connectivity index (χ2v) is 7.26. The normalized spacial score (nSPS) is 16.3. The Morgan fingerprint density at radius 2 is 1.83 bits per heavy atom. The Hall–Kier alpha value is -1.27. The number of rotatable bonds is 9. The molecule has 30 heavy (non-hydrogen) atoms. The van der Waals surface area contributed by atoms with Crippen molar-refractivity contribution in [1.29, 1.82) is 0 Å². The third-order valence-electron chi connectivity index (χ3n) is 5.00. The van der Waals surface area contributed by atoms with Gasteiger partial charge in [-0.25, -0.2) is 0 Å². The second-order valence-electron chi connectivity index (χ2n) is 7.26. The number of ether oxygens (including phenoxy) is 1. The van der Waals surface area contributed by atoms with Gasteiger partial charge < -0.3 is 15.4 Å². The number of likely N-dealkylation sites (tertiary alicyclic amines) is 1. The van der Waals surface area contributed by atoms with E-state index in [0.717, 1.165) is 18.8 Å². The van der Waals surface area contributed by atoms with Crippen LogP contribution >= 0.6 is 24.0 Å². The van der Waals surface area contributed by atoms with Crippen LogP contribution in [0.4, 0.5) is 13.2 Å². The number of nitrogens with zero attached hydrogens (tertiary/aromatic N) is 3. The third-order valence-corrected chi connectivity index (χ3v) is 5.00. The Morgan fingerprint density at radius 3 is 2.37 bits per heavy atom. The van der Waals surface area contributed by atoms with E-state index in [1.165, 1.54) is 30.4 Å². The van der Waals surface area contributed by atoms with Gasteiger partial charge in [-0.05, 0) is 50.7 Å². The van der Waals surface area contributed by atoms with Gasteiger partial charge in [-0.2, -0.15) is 13.2 Å². The lowest BCUT2D eigenvalue weighted by Crippen LogP contribution is -2.45. The molecule has 1 heterocycles. The molecule has 0 aromatic heterocycles. The standard InChI is InChI=1S/C20H32F3N5O.HI/c1-24-19(25-10-13-27(2)15-20(21,22)23)26-14-18(28-11-4-5-12-28)16-6-8-17(29-3)9-7-16;/h6-9,18H,4-5,10-15H2,1-3H3,(H2,24,25,26);1H. The molecule has 0 saturated carbocycles. The average Bonchev–Trinajstić information content (AvgIpc) is 3.20. The fraction of sp³-hybridized carbons (Fsp3) is 0.650. The van der Waals surface area contributed by atoms with E-state index in [9.17, 15) is 13.2 Å². The van der Waals surface area contributed by atoms with Crippen LogP contribution in [0.1, 0.15) is 24.4 Å². The summed E-state index contributed by atoms with van der Waals surface area (Å²) in [6, 6.07) is 8.26. The summed E-state index contributed by atoms with van der Waals surface area (Å²) >= 11 is 0. The van der Waals surface area contributed by atoms with Crippen molar-refractivity contribution < 1.29 is 17.9 Å². The molecule has 2 rings (SSSR count). The average molecular weight is 543 g/mol. The highest BCUT2D eigenvalue weighted by Gasteiger charge is 2.29. The van der Waals surface area contributed by atoms with Crippen molar-refractivity contribution in [1.82, 2.24) is 20.4 Å². The maximum atomic E-state index is 12.4. The van der Waals surface area contributed by atoms with Crippen molar-refractivity contribution in [3.8, 4) is 5.75 Å². The highest BCUT2D eigenvalue weighted by Crippen LogP contribution is 2.26. The van der Waals surface area contributed by atoms with Gasteiger partial charge in [0.1, 0.15) is 5.75 Å². The molecule has 1 saturated heterocycles. The zero-order chi connectivity index (χ0) is 21.3. The predicted octanol–water partition coefficient (Wildman–Crippen LogP) is 3.11. The lowest BCUT2D eigenvalue weighted by molar-refractivity contribution is -0.142. The minimum atomic E-state index is -4.18. The van der Waals surface area contributed by atoms with E-state index in [1.54, 1.807) is 14.2 Å². The van der Waals surface area contributed by atoms with E-state index in [1.807, 2.05) is 12.1 Å². The van der Waals surface area contributed by atoms with Crippen LogP contribution in [0.2, 0.25) is 0 Å². The first kappa shape index (κ1) is 26.8. The number of methoxy groups -OCH3 is 1. The first-order chi connectivity index (χ1) is 13.8. The summed E-state index contributed by atoms with van der Waals surface area (Å²) < 4.78 is 42.5. The number of hydrogen-bond acceptors (Lipinski definition) is 4. The quantitative estimate of drug-likeness (QED) is 0.285. The van der Waals surface area contributed by atoms with Crippen molar-refractivity contribution in [3.63, 3.8) is 0 Å². The molecule has 10 heteroatoms. The molecule has 172 valence electrons. The van der Waals surface area contributed by atoms with Crippen LogP contribution in [0, 0.1) is 0 Å². The fourth-order valence-corrected chi connectivity index (χ4v) is 3.50. The summed E-state index contributed by atoms with van der Waals surface area (Å²) in [5.74, 6) is 1.41. The van der Waals surface area contributed by atoms with Gasteiger partial charge in [-0.15, -0.1) is 24.0 Å². The van der Waals surface area contributed by atoms with E-state index in [0.29, 0.717) is 19.0 Å². The van der Waals surface area contributed by atoms with Crippen LogP contribution in [-0.4, -0.2) is 82.4 Å². The maximum Gasteiger partial charge on any atom is 0.401 e. The van der Waals surface area contributed by atoms with E-state index in [-0.39, 0.29) is 36.6 Å². The molecule has 1 atom stereocenters. The molecule has 1 fully saturated rings. The molecule has 0 bridgehead atoms. The highest BCUT2D eigenvalue weighted by atomic mass is 127. The van der Waals surface area contributed by atoms with Crippen LogP contribution < -0.4 is 15.4 Å². The van der Waals surface area contributed by atoms with Crippen molar-refractivity contribution >= 4 is 29.9 Å². The fourth-order valence-electron chi connectivity index (χ4n) is 3.50. The van der Waals surface area contributed by atoms with Gasteiger partial charge in [0.15, 0.2) is 5.96 Å². The molecule has 1 aliphatic heterocycles. The molecule has 0 radical (unpaired) electrons. The largest absolute Gasteiger partial charge is 0.497 e. The van der Waals surface area contributed by atoms with Crippen LogP contribution in [0.15, 0.2) is 29.3 Å². The molecule has 2 N–H and O–H groups in total. The lowest BCUT2D eigenvalue weighted by atomic mass is 10.1. The highest BCUT2D eigenvalue weighted by molar-refractivity contribution is 14.0. The van der Waals surface area contributed by atoms with Gasteiger partial charge in [0, 0.05) is 26.7 Å². The molecule has 1 aliphatic rings. The Labute approximate surface area is 194 Å². The number of aliphatic imine (C=N–C) groups is 1. The van der Waals surface area contributed by atoms with Crippen molar-refractivity contribution in [2.45, 2.75) is 25.1 Å². The molecule has 1 unspecified atom stereocenters. The number of likely N-dealkylation sites (N-methyl/N-ethyl adjacent to an activating group) is 1. The van der Waals surface area contributed by atoms with Gasteiger partial charge in [-0.1, -0.05) is 12.1 Å². The predicted molar refractivity (Wildman–Crippen MR) is 125 cm³/mol. The number of hydrogen-bond donors (Lipinski definition) is 2. The zero-order valence-electron chi connectivity index (χ0n) is 17.8. The van der Waals surface area contributed by atoms with Gasteiger partial charge in [0.05, 0.1) is 19.7 Å². The maximum absolute atomic E-state index is 12.4. The Bertz CT molecular complexity index is 636. The van der Waals surface area contributed by atoms with Crippen molar-refractivity contribution in [2.24, 2.45) is 4.99 Å². The van der Waals surface area contributed by atoms with Gasteiger partial charge in [0.25, 0.3) is 0 Å². The molecule has 1 aromatic rings. The number of halogens is 4. The molecular weight excluding hydrogens is 510 g/mol. The summed E-state index contributed by atoms with van der Waals surface area (Å²) in [5, 5.41) is 6.41. The monoisotopic (exact) mass is 543 g/mol. The summed E-state index contributed by atoms with van der Waals surface area (Å²) in [7, 11) is 4.77. The smallest absolute Gasteiger partial charge is 0.401 e. The topological polar surface area (TPSA) is 52.1 Å². The Kier molecular flexibility index (Phi) is 11.8.